The van der Waals surface area contributed by atoms with Gasteiger partial charge in [0.2, 0.25) is 0 Å². The molecule has 0 amide bonds. The summed E-state index contributed by atoms with van der Waals surface area (Å²) in [7, 11) is 0. The van der Waals surface area contributed by atoms with Crippen LogP contribution in [0.1, 0.15) is 154 Å². The number of nitrogens with zero attached hydrogens (tertiary/aromatic N) is 2. The summed E-state index contributed by atoms with van der Waals surface area (Å²) in [5.41, 5.74) is 1.50. The van der Waals surface area contributed by atoms with E-state index < -0.39 is 0 Å². The smallest absolute Gasteiger partial charge is 0.0948 e. The maximum Gasteiger partial charge on any atom is 0.0948 e. The highest BCUT2D eigenvalue weighted by Crippen LogP contribution is 2.32. The Kier molecular flexibility index (Phi) is 18.3. The number of hydrogen-bond acceptors (Lipinski definition) is 1. The van der Waals surface area contributed by atoms with Crippen LogP contribution in [0.15, 0.2) is 49.1 Å². The molecule has 2 unspecified atom stereocenters. The van der Waals surface area contributed by atoms with E-state index in [1.807, 2.05) is 6.20 Å². The zero-order valence-electron chi connectivity index (χ0n) is 24.0. The van der Waals surface area contributed by atoms with E-state index in [1.54, 1.807) is 0 Å². The van der Waals surface area contributed by atoms with Crippen molar-refractivity contribution in [2.45, 2.75) is 155 Å². The van der Waals surface area contributed by atoms with Crippen molar-refractivity contribution in [3.8, 4) is 0 Å². The molecular formula is C34H58N2. The Morgan fingerprint density at radius 2 is 1.11 bits per heavy atom. The third-order valence-electron chi connectivity index (χ3n) is 8.07. The van der Waals surface area contributed by atoms with Crippen LogP contribution in [0.2, 0.25) is 0 Å². The summed E-state index contributed by atoms with van der Waals surface area (Å²) in [6, 6.07) is 11.8. The molecule has 1 aromatic carbocycles. The SMILES string of the molecule is CCCCCCCCCCCCC(Cc1ccccc1)C(CCCCCCCCCC)n1ccnc1. The van der Waals surface area contributed by atoms with E-state index >= 15 is 0 Å². The lowest BCUT2D eigenvalue weighted by atomic mass is 9.84. The van der Waals surface area contributed by atoms with Crippen molar-refractivity contribution in [3.05, 3.63) is 54.6 Å². The molecule has 0 spiro atoms. The second-order valence-corrected chi connectivity index (χ2v) is 11.3. The van der Waals surface area contributed by atoms with Crippen LogP contribution in [0.5, 0.6) is 0 Å². The number of aromatic nitrogens is 2. The quantitative estimate of drug-likeness (QED) is 0.133. The van der Waals surface area contributed by atoms with Gasteiger partial charge >= 0.3 is 0 Å². The van der Waals surface area contributed by atoms with Crippen molar-refractivity contribution in [1.29, 1.82) is 0 Å². The van der Waals surface area contributed by atoms with Crippen LogP contribution < -0.4 is 0 Å². The molecule has 0 N–H and O–H groups in total. The van der Waals surface area contributed by atoms with Gasteiger partial charge in [0, 0.05) is 18.4 Å². The molecule has 0 saturated carbocycles. The first-order chi connectivity index (χ1) is 17.8. The number of hydrogen-bond donors (Lipinski definition) is 0. The molecule has 0 aliphatic heterocycles. The van der Waals surface area contributed by atoms with Gasteiger partial charge in [0.15, 0.2) is 0 Å². The lowest BCUT2D eigenvalue weighted by Gasteiger charge is -2.29. The van der Waals surface area contributed by atoms with E-state index in [0.717, 1.165) is 0 Å². The summed E-state index contributed by atoms with van der Waals surface area (Å²) in [6.07, 6.45) is 35.4. The van der Waals surface area contributed by atoms with Crippen molar-refractivity contribution in [1.82, 2.24) is 9.55 Å². The van der Waals surface area contributed by atoms with E-state index in [0.29, 0.717) is 12.0 Å². The van der Waals surface area contributed by atoms with Crippen LogP contribution in [0.3, 0.4) is 0 Å². The fourth-order valence-corrected chi connectivity index (χ4v) is 5.82. The lowest BCUT2D eigenvalue weighted by Crippen LogP contribution is -2.21. The molecular weight excluding hydrogens is 436 g/mol. The molecule has 1 heterocycles. The third kappa shape index (κ3) is 14.2. The van der Waals surface area contributed by atoms with E-state index in [-0.39, 0.29) is 0 Å². The summed E-state index contributed by atoms with van der Waals surface area (Å²) in [5.74, 6) is 0.695. The molecule has 36 heavy (non-hydrogen) atoms. The molecule has 2 rings (SSSR count). The predicted molar refractivity (Wildman–Crippen MR) is 159 cm³/mol. The Bertz CT molecular complexity index is 693. The molecule has 0 aliphatic carbocycles. The number of rotatable bonds is 24. The van der Waals surface area contributed by atoms with Crippen LogP contribution in [0.4, 0.5) is 0 Å². The normalized spacial score (nSPS) is 13.2. The Morgan fingerprint density at radius 3 is 1.61 bits per heavy atom. The van der Waals surface area contributed by atoms with Gasteiger partial charge in [0.1, 0.15) is 0 Å². The molecule has 204 valence electrons. The molecule has 2 atom stereocenters. The zero-order chi connectivity index (χ0) is 25.5. The number of imidazole rings is 1. The maximum absolute atomic E-state index is 4.44. The third-order valence-corrected chi connectivity index (χ3v) is 8.07. The van der Waals surface area contributed by atoms with Gasteiger partial charge in [-0.05, 0) is 30.7 Å². The Morgan fingerprint density at radius 1 is 0.611 bits per heavy atom. The Labute approximate surface area is 224 Å². The monoisotopic (exact) mass is 494 g/mol. The Hall–Kier alpha value is -1.57. The minimum atomic E-state index is 0.575. The van der Waals surface area contributed by atoms with Gasteiger partial charge in [-0.25, -0.2) is 4.98 Å². The molecule has 0 radical (unpaired) electrons. The fraction of sp³-hybridized carbons (Fsp3) is 0.735. The first-order valence-electron chi connectivity index (χ1n) is 15.9. The van der Waals surface area contributed by atoms with Gasteiger partial charge in [-0.1, -0.05) is 160 Å². The molecule has 1 aromatic heterocycles. The summed E-state index contributed by atoms with van der Waals surface area (Å²) in [5, 5.41) is 0. The van der Waals surface area contributed by atoms with E-state index in [9.17, 15) is 0 Å². The largest absolute Gasteiger partial charge is 0.334 e. The van der Waals surface area contributed by atoms with Gasteiger partial charge in [-0.3, -0.25) is 0 Å². The van der Waals surface area contributed by atoms with Crippen LogP contribution in [0.25, 0.3) is 0 Å². The predicted octanol–water partition coefficient (Wildman–Crippen LogP) is 11.1. The highest BCUT2D eigenvalue weighted by molar-refractivity contribution is 5.15. The van der Waals surface area contributed by atoms with E-state index in [4.69, 9.17) is 0 Å². The summed E-state index contributed by atoms with van der Waals surface area (Å²) < 4.78 is 2.44. The van der Waals surface area contributed by atoms with Crippen LogP contribution in [-0.4, -0.2) is 9.55 Å². The minimum Gasteiger partial charge on any atom is -0.334 e. The van der Waals surface area contributed by atoms with Crippen molar-refractivity contribution in [2.24, 2.45) is 5.92 Å². The van der Waals surface area contributed by atoms with Crippen LogP contribution >= 0.6 is 0 Å². The Balaban J connectivity index is 1.82. The lowest BCUT2D eigenvalue weighted by molar-refractivity contribution is 0.275. The molecule has 0 aliphatic rings. The second kappa shape index (κ2) is 21.5. The number of benzene rings is 1. The molecule has 0 saturated heterocycles. The molecule has 2 heteroatoms. The van der Waals surface area contributed by atoms with Gasteiger partial charge in [0.25, 0.3) is 0 Å². The topological polar surface area (TPSA) is 17.8 Å². The summed E-state index contributed by atoms with van der Waals surface area (Å²) >= 11 is 0. The van der Waals surface area contributed by atoms with Crippen molar-refractivity contribution >= 4 is 0 Å². The van der Waals surface area contributed by atoms with Gasteiger partial charge in [0.05, 0.1) is 6.33 Å². The highest BCUT2D eigenvalue weighted by Gasteiger charge is 2.23. The summed E-state index contributed by atoms with van der Waals surface area (Å²) in [6.45, 7) is 4.61. The van der Waals surface area contributed by atoms with E-state index in [1.165, 1.54) is 140 Å². The number of unbranched alkanes of at least 4 members (excludes halogenated alkanes) is 16. The fourth-order valence-electron chi connectivity index (χ4n) is 5.82. The highest BCUT2D eigenvalue weighted by atomic mass is 15.1. The first-order valence-corrected chi connectivity index (χ1v) is 15.9. The zero-order valence-corrected chi connectivity index (χ0v) is 24.0. The maximum atomic E-state index is 4.44. The second-order valence-electron chi connectivity index (χ2n) is 11.3. The molecule has 2 nitrogen and oxygen atoms in total. The van der Waals surface area contributed by atoms with Crippen molar-refractivity contribution in [2.75, 3.05) is 0 Å². The standard InChI is InChI=1S/C34H58N2/c1-3-5-7-9-11-13-14-15-17-22-26-33(30-32-24-20-19-21-25-32)34(36-29-28-35-31-36)27-23-18-16-12-10-8-6-4-2/h19-21,24-25,28-29,31,33-34H,3-18,22-23,26-27,30H2,1-2H3. The first kappa shape index (κ1) is 30.7. The van der Waals surface area contributed by atoms with Gasteiger partial charge in [-0.15, -0.1) is 0 Å². The average Bonchev–Trinajstić information content (AvgIpc) is 3.44. The molecule has 2 aromatic rings. The molecule has 0 bridgehead atoms. The van der Waals surface area contributed by atoms with Gasteiger partial charge < -0.3 is 4.57 Å². The molecule has 0 fully saturated rings. The summed E-state index contributed by atoms with van der Waals surface area (Å²) in [4.78, 5) is 4.44. The van der Waals surface area contributed by atoms with Crippen molar-refractivity contribution < 1.29 is 0 Å². The van der Waals surface area contributed by atoms with Gasteiger partial charge in [-0.2, -0.15) is 0 Å². The van der Waals surface area contributed by atoms with Crippen LogP contribution in [0, 0.1) is 5.92 Å². The van der Waals surface area contributed by atoms with E-state index in [2.05, 4.69) is 66.3 Å². The van der Waals surface area contributed by atoms with Crippen molar-refractivity contribution in [3.63, 3.8) is 0 Å². The minimum absolute atomic E-state index is 0.575. The average molecular weight is 495 g/mol. The van der Waals surface area contributed by atoms with Crippen LogP contribution in [-0.2, 0) is 6.42 Å².